The Morgan fingerprint density at radius 3 is 2.60 bits per heavy atom. The molecule has 1 N–H and O–H groups in total. The molecule has 0 spiro atoms. The Balaban J connectivity index is 2.83. The monoisotopic (exact) mass is 220 g/mol. The number of alkyl halides is 3. The highest BCUT2D eigenvalue weighted by atomic mass is 19.4. The van der Waals surface area contributed by atoms with Crippen LogP contribution in [0.2, 0.25) is 0 Å². The van der Waals surface area contributed by atoms with E-state index < -0.39 is 6.36 Å². The molecule has 0 heterocycles. The number of aliphatic hydroxyl groups excluding tert-OH is 1. The number of rotatable bonds is 3. The minimum absolute atomic E-state index is 0.116. The van der Waals surface area contributed by atoms with E-state index in [2.05, 4.69) is 4.74 Å². The van der Waals surface area contributed by atoms with Crippen LogP contribution in [0, 0.1) is 0 Å². The van der Waals surface area contributed by atoms with Gasteiger partial charge in [0.2, 0.25) is 0 Å². The van der Waals surface area contributed by atoms with Gasteiger partial charge in [-0.15, -0.1) is 13.2 Å². The number of benzene rings is 1. The zero-order valence-electron chi connectivity index (χ0n) is 8.08. The highest BCUT2D eigenvalue weighted by molar-refractivity contribution is 5.30. The third-order valence-corrected chi connectivity index (χ3v) is 1.93. The first-order valence-electron chi connectivity index (χ1n) is 4.39. The van der Waals surface area contributed by atoms with Gasteiger partial charge in [0.05, 0.1) is 0 Å². The zero-order valence-corrected chi connectivity index (χ0v) is 8.08. The lowest BCUT2D eigenvalue weighted by atomic mass is 10.0. The number of hydrogen-bond acceptors (Lipinski definition) is 2. The maximum Gasteiger partial charge on any atom is 0.573 e. The van der Waals surface area contributed by atoms with Gasteiger partial charge in [0.25, 0.3) is 0 Å². The average Bonchev–Trinajstić information content (AvgIpc) is 2.14. The Hall–Kier alpha value is -1.23. The molecule has 1 rings (SSSR count). The van der Waals surface area contributed by atoms with Gasteiger partial charge in [-0.05, 0) is 17.7 Å². The van der Waals surface area contributed by atoms with Crippen molar-refractivity contribution in [1.29, 1.82) is 0 Å². The maximum absolute atomic E-state index is 11.9. The molecular weight excluding hydrogens is 209 g/mol. The second kappa shape index (κ2) is 4.53. The first-order chi connectivity index (χ1) is 6.92. The van der Waals surface area contributed by atoms with E-state index in [1.165, 1.54) is 18.2 Å². The summed E-state index contributed by atoms with van der Waals surface area (Å²) in [5, 5.41) is 8.85. The third-order valence-electron chi connectivity index (χ3n) is 1.93. The van der Waals surface area contributed by atoms with Crippen LogP contribution in [0.4, 0.5) is 13.2 Å². The first kappa shape index (κ1) is 11.8. The molecule has 5 heteroatoms. The highest BCUT2D eigenvalue weighted by Gasteiger charge is 2.31. The summed E-state index contributed by atoms with van der Waals surface area (Å²) in [6, 6.07) is 5.60. The molecule has 15 heavy (non-hydrogen) atoms. The Labute approximate surface area is 85.3 Å². The largest absolute Gasteiger partial charge is 0.573 e. The molecule has 1 atom stereocenters. The molecular formula is C10H11F3O2. The highest BCUT2D eigenvalue weighted by Crippen LogP contribution is 2.25. The number of hydrogen-bond donors (Lipinski definition) is 1. The fourth-order valence-corrected chi connectivity index (χ4v) is 1.12. The Morgan fingerprint density at radius 2 is 2.07 bits per heavy atom. The quantitative estimate of drug-likeness (QED) is 0.848. The van der Waals surface area contributed by atoms with E-state index in [-0.39, 0.29) is 18.3 Å². The SMILES string of the molecule is CC(CO)c1cccc(OC(F)(F)F)c1. The van der Waals surface area contributed by atoms with E-state index in [9.17, 15) is 13.2 Å². The number of aliphatic hydroxyl groups is 1. The van der Waals surface area contributed by atoms with Crippen molar-refractivity contribution in [3.63, 3.8) is 0 Å². The van der Waals surface area contributed by atoms with Crippen LogP contribution < -0.4 is 4.74 Å². The summed E-state index contributed by atoms with van der Waals surface area (Å²) in [6.45, 7) is 1.60. The molecule has 0 aliphatic heterocycles. The minimum Gasteiger partial charge on any atom is -0.406 e. The van der Waals surface area contributed by atoms with Crippen molar-refractivity contribution in [2.24, 2.45) is 0 Å². The zero-order chi connectivity index (χ0) is 11.5. The summed E-state index contributed by atoms with van der Waals surface area (Å²) in [6.07, 6.45) is -4.68. The summed E-state index contributed by atoms with van der Waals surface area (Å²) >= 11 is 0. The lowest BCUT2D eigenvalue weighted by Crippen LogP contribution is -2.17. The predicted octanol–water partition coefficient (Wildman–Crippen LogP) is 2.68. The molecule has 2 nitrogen and oxygen atoms in total. The molecule has 0 fully saturated rings. The van der Waals surface area contributed by atoms with Crippen LogP contribution in [0.5, 0.6) is 5.75 Å². The lowest BCUT2D eigenvalue weighted by molar-refractivity contribution is -0.274. The van der Waals surface area contributed by atoms with E-state index in [4.69, 9.17) is 5.11 Å². The fourth-order valence-electron chi connectivity index (χ4n) is 1.12. The number of halogens is 3. The molecule has 1 aromatic rings. The molecule has 0 aromatic heterocycles. The smallest absolute Gasteiger partial charge is 0.406 e. The summed E-state index contributed by atoms with van der Waals surface area (Å²) < 4.78 is 39.4. The second-order valence-electron chi connectivity index (χ2n) is 3.20. The van der Waals surface area contributed by atoms with Gasteiger partial charge in [-0.3, -0.25) is 0 Å². The van der Waals surface area contributed by atoms with E-state index >= 15 is 0 Å². The van der Waals surface area contributed by atoms with Crippen LogP contribution in [0.15, 0.2) is 24.3 Å². The van der Waals surface area contributed by atoms with Gasteiger partial charge < -0.3 is 9.84 Å². The number of ether oxygens (including phenoxy) is 1. The van der Waals surface area contributed by atoms with Gasteiger partial charge >= 0.3 is 6.36 Å². The van der Waals surface area contributed by atoms with E-state index in [1.54, 1.807) is 13.0 Å². The molecule has 0 radical (unpaired) electrons. The molecule has 84 valence electrons. The van der Waals surface area contributed by atoms with Crippen LogP contribution >= 0.6 is 0 Å². The predicted molar refractivity (Wildman–Crippen MR) is 48.6 cm³/mol. The molecule has 1 aromatic carbocycles. The Bertz CT molecular complexity index is 323. The molecule has 1 unspecified atom stereocenters. The molecule has 0 aliphatic rings. The standard InChI is InChI=1S/C10H11F3O2/c1-7(6-14)8-3-2-4-9(5-8)15-10(11,12)13/h2-5,7,14H,6H2,1H3. The van der Waals surface area contributed by atoms with Gasteiger partial charge in [-0.25, -0.2) is 0 Å². The van der Waals surface area contributed by atoms with Crippen LogP contribution in [0.3, 0.4) is 0 Å². The van der Waals surface area contributed by atoms with Gasteiger partial charge in [-0.1, -0.05) is 19.1 Å². The Kier molecular flexibility index (Phi) is 3.57. The molecule has 0 saturated carbocycles. The fraction of sp³-hybridized carbons (Fsp3) is 0.400. The normalized spacial score (nSPS) is 13.7. The molecule has 0 saturated heterocycles. The molecule has 0 aliphatic carbocycles. The van der Waals surface area contributed by atoms with Crippen molar-refractivity contribution >= 4 is 0 Å². The summed E-state index contributed by atoms with van der Waals surface area (Å²) in [5.74, 6) is -0.470. The van der Waals surface area contributed by atoms with E-state index in [0.29, 0.717) is 5.56 Å². The summed E-state index contributed by atoms with van der Waals surface area (Å²) in [5.41, 5.74) is 0.610. The second-order valence-corrected chi connectivity index (χ2v) is 3.20. The van der Waals surface area contributed by atoms with Crippen molar-refractivity contribution in [3.05, 3.63) is 29.8 Å². The molecule has 0 amide bonds. The third kappa shape index (κ3) is 3.79. The van der Waals surface area contributed by atoms with Crippen molar-refractivity contribution < 1.29 is 23.0 Å². The van der Waals surface area contributed by atoms with Crippen molar-refractivity contribution in [3.8, 4) is 5.75 Å². The minimum atomic E-state index is -4.68. The van der Waals surface area contributed by atoms with Crippen molar-refractivity contribution in [1.82, 2.24) is 0 Å². The van der Waals surface area contributed by atoms with Gasteiger partial charge in [0.1, 0.15) is 5.75 Å². The first-order valence-corrected chi connectivity index (χ1v) is 4.39. The Morgan fingerprint density at radius 1 is 1.40 bits per heavy atom. The van der Waals surface area contributed by atoms with E-state index in [1.807, 2.05) is 0 Å². The average molecular weight is 220 g/mol. The van der Waals surface area contributed by atoms with Gasteiger partial charge in [0.15, 0.2) is 0 Å². The van der Waals surface area contributed by atoms with Gasteiger partial charge in [-0.2, -0.15) is 0 Å². The summed E-state index contributed by atoms with van der Waals surface area (Å²) in [4.78, 5) is 0. The maximum atomic E-state index is 11.9. The molecule has 0 bridgehead atoms. The van der Waals surface area contributed by atoms with Gasteiger partial charge in [0, 0.05) is 12.5 Å². The van der Waals surface area contributed by atoms with Crippen LogP contribution in [-0.4, -0.2) is 18.1 Å². The van der Waals surface area contributed by atoms with Crippen molar-refractivity contribution in [2.45, 2.75) is 19.2 Å². The summed E-state index contributed by atoms with van der Waals surface area (Å²) in [7, 11) is 0. The lowest BCUT2D eigenvalue weighted by Gasteiger charge is -2.12. The van der Waals surface area contributed by atoms with Crippen LogP contribution in [0.25, 0.3) is 0 Å². The van der Waals surface area contributed by atoms with Crippen LogP contribution in [0.1, 0.15) is 18.4 Å². The van der Waals surface area contributed by atoms with E-state index in [0.717, 1.165) is 0 Å². The van der Waals surface area contributed by atoms with Crippen molar-refractivity contribution in [2.75, 3.05) is 6.61 Å². The topological polar surface area (TPSA) is 29.5 Å². The van der Waals surface area contributed by atoms with Crippen LogP contribution in [-0.2, 0) is 0 Å².